The van der Waals surface area contributed by atoms with Gasteiger partial charge < -0.3 is 10.1 Å². The van der Waals surface area contributed by atoms with E-state index in [-0.39, 0.29) is 6.61 Å². The van der Waals surface area contributed by atoms with E-state index in [9.17, 15) is 0 Å². The second-order valence-corrected chi connectivity index (χ2v) is 2.04. The molecule has 0 amide bonds. The minimum atomic E-state index is -0.0959. The number of thiol groups is 1. The number of rotatable bonds is 2. The van der Waals surface area contributed by atoms with Crippen molar-refractivity contribution in [3.63, 3.8) is 0 Å². The SMILES string of the molecule is CN(C)/N=C(\S)CO. The van der Waals surface area contributed by atoms with Crippen LogP contribution in [0.25, 0.3) is 0 Å². The highest BCUT2D eigenvalue weighted by Gasteiger charge is 1.85. The molecule has 1 N–H and O–H groups in total. The topological polar surface area (TPSA) is 35.8 Å². The molecule has 0 heterocycles. The molecule has 0 aromatic carbocycles. The van der Waals surface area contributed by atoms with Gasteiger partial charge in [-0.2, -0.15) is 5.10 Å². The molecule has 0 saturated heterocycles. The molecule has 0 radical (unpaired) electrons. The third-order valence-electron chi connectivity index (χ3n) is 0.457. The molecule has 0 aliphatic heterocycles. The van der Waals surface area contributed by atoms with Crippen LogP contribution >= 0.6 is 12.6 Å². The summed E-state index contributed by atoms with van der Waals surface area (Å²) in [5.74, 6) is 0. The van der Waals surface area contributed by atoms with E-state index >= 15 is 0 Å². The van der Waals surface area contributed by atoms with Crippen LogP contribution in [-0.2, 0) is 0 Å². The first kappa shape index (κ1) is 7.78. The molecule has 4 heteroatoms. The molecule has 0 saturated carbocycles. The molecule has 0 bridgehead atoms. The molecule has 0 rings (SSSR count). The maximum atomic E-state index is 8.35. The first-order valence-electron chi connectivity index (χ1n) is 2.21. The molecule has 0 aliphatic rings. The predicted molar refractivity (Wildman–Crippen MR) is 37.2 cm³/mol. The van der Waals surface area contributed by atoms with Crippen LogP contribution in [0.5, 0.6) is 0 Å². The summed E-state index contributed by atoms with van der Waals surface area (Å²) >= 11 is 3.83. The van der Waals surface area contributed by atoms with Gasteiger partial charge >= 0.3 is 0 Å². The lowest BCUT2D eigenvalue weighted by Gasteiger charge is -2.03. The quantitative estimate of drug-likeness (QED) is 0.237. The molecule has 0 spiro atoms. The van der Waals surface area contributed by atoms with Crippen molar-refractivity contribution in [2.45, 2.75) is 0 Å². The lowest BCUT2D eigenvalue weighted by Crippen LogP contribution is -2.07. The van der Waals surface area contributed by atoms with Crippen LogP contribution in [-0.4, -0.2) is 35.9 Å². The van der Waals surface area contributed by atoms with Crippen LogP contribution in [0.2, 0.25) is 0 Å². The van der Waals surface area contributed by atoms with Crippen LogP contribution in [0.15, 0.2) is 5.10 Å². The lowest BCUT2D eigenvalue weighted by atomic mass is 10.8. The van der Waals surface area contributed by atoms with Crippen LogP contribution < -0.4 is 0 Å². The van der Waals surface area contributed by atoms with Crippen LogP contribution in [0.1, 0.15) is 0 Å². The van der Waals surface area contributed by atoms with Crippen molar-refractivity contribution in [1.29, 1.82) is 0 Å². The average Bonchev–Trinajstić information content (AvgIpc) is 1.65. The van der Waals surface area contributed by atoms with E-state index in [1.54, 1.807) is 19.1 Å². The summed E-state index contributed by atoms with van der Waals surface area (Å²) < 4.78 is 0. The van der Waals surface area contributed by atoms with Crippen molar-refractivity contribution in [2.75, 3.05) is 20.7 Å². The van der Waals surface area contributed by atoms with Crippen molar-refractivity contribution in [1.82, 2.24) is 5.01 Å². The van der Waals surface area contributed by atoms with E-state index in [4.69, 9.17) is 5.11 Å². The Hall–Kier alpha value is -0.220. The van der Waals surface area contributed by atoms with Crippen molar-refractivity contribution < 1.29 is 5.11 Å². The highest BCUT2D eigenvalue weighted by molar-refractivity contribution is 7.97. The number of hydrazone groups is 1. The number of nitrogens with zero attached hydrogens (tertiary/aromatic N) is 2. The van der Waals surface area contributed by atoms with Crippen LogP contribution in [0.3, 0.4) is 0 Å². The first-order chi connectivity index (χ1) is 3.66. The molecule has 3 nitrogen and oxygen atoms in total. The molecule has 48 valence electrons. The summed E-state index contributed by atoms with van der Waals surface area (Å²) in [6, 6.07) is 0. The molecular weight excluding hydrogens is 124 g/mol. The van der Waals surface area contributed by atoms with E-state index in [1.165, 1.54) is 0 Å². The summed E-state index contributed by atoms with van der Waals surface area (Å²) in [5, 5.41) is 14.1. The molecular formula is C4H10N2OS. The highest BCUT2D eigenvalue weighted by Crippen LogP contribution is 1.84. The number of hydrogen-bond donors (Lipinski definition) is 2. The summed E-state index contributed by atoms with van der Waals surface area (Å²) in [5.41, 5.74) is 0. The van der Waals surface area contributed by atoms with Gasteiger partial charge in [0, 0.05) is 14.1 Å². The first-order valence-corrected chi connectivity index (χ1v) is 2.66. The molecule has 0 fully saturated rings. The third-order valence-corrected chi connectivity index (χ3v) is 0.688. The fourth-order valence-electron chi connectivity index (χ4n) is 0.262. The highest BCUT2D eigenvalue weighted by atomic mass is 32.1. The Morgan fingerprint density at radius 3 is 2.38 bits per heavy atom. The van der Waals surface area contributed by atoms with Crippen LogP contribution in [0.4, 0.5) is 0 Å². The van der Waals surface area contributed by atoms with E-state index in [0.717, 1.165) is 0 Å². The molecule has 0 aromatic rings. The standard InChI is InChI=1S/C4H10N2OS/c1-6(2)5-4(8)3-7/h7H,3H2,1-2H3,(H,5,8). The summed E-state index contributed by atoms with van der Waals surface area (Å²) in [4.78, 5) is 0. The second-order valence-electron chi connectivity index (χ2n) is 1.52. The zero-order valence-corrected chi connectivity index (χ0v) is 5.89. The Bertz CT molecular complexity index is 92.0. The zero-order valence-electron chi connectivity index (χ0n) is 5.00. The smallest absolute Gasteiger partial charge is 0.116 e. The molecule has 0 aromatic heterocycles. The second kappa shape index (κ2) is 3.74. The van der Waals surface area contributed by atoms with Gasteiger partial charge in [0.2, 0.25) is 0 Å². The Kier molecular flexibility index (Phi) is 3.64. The van der Waals surface area contributed by atoms with Crippen molar-refractivity contribution in [2.24, 2.45) is 5.10 Å². The van der Waals surface area contributed by atoms with Crippen molar-refractivity contribution in [3.8, 4) is 0 Å². The van der Waals surface area contributed by atoms with Gasteiger partial charge in [0.25, 0.3) is 0 Å². The summed E-state index contributed by atoms with van der Waals surface area (Å²) in [7, 11) is 3.54. The molecule has 0 unspecified atom stereocenters. The molecule has 0 atom stereocenters. The minimum absolute atomic E-state index is 0.0959. The summed E-state index contributed by atoms with van der Waals surface area (Å²) in [6.07, 6.45) is 0. The van der Waals surface area contributed by atoms with Gasteiger partial charge in [0.1, 0.15) is 5.04 Å². The van der Waals surface area contributed by atoms with E-state index in [0.29, 0.717) is 5.04 Å². The Morgan fingerprint density at radius 2 is 2.25 bits per heavy atom. The van der Waals surface area contributed by atoms with Gasteiger partial charge in [-0.1, -0.05) is 0 Å². The van der Waals surface area contributed by atoms with E-state index in [2.05, 4.69) is 17.7 Å². The van der Waals surface area contributed by atoms with E-state index < -0.39 is 0 Å². The van der Waals surface area contributed by atoms with Gasteiger partial charge in [0.05, 0.1) is 6.61 Å². The number of hydrogen-bond acceptors (Lipinski definition) is 3. The monoisotopic (exact) mass is 134 g/mol. The Labute approximate surface area is 54.4 Å². The minimum Gasteiger partial charge on any atom is -0.389 e. The lowest BCUT2D eigenvalue weighted by molar-refractivity contribution is 0.353. The fourth-order valence-corrected chi connectivity index (χ4v) is 0.441. The largest absolute Gasteiger partial charge is 0.389 e. The van der Waals surface area contributed by atoms with Gasteiger partial charge in [-0.3, -0.25) is 0 Å². The zero-order chi connectivity index (χ0) is 6.57. The van der Waals surface area contributed by atoms with Gasteiger partial charge in [-0.25, -0.2) is 0 Å². The van der Waals surface area contributed by atoms with Gasteiger partial charge in [-0.05, 0) is 0 Å². The van der Waals surface area contributed by atoms with Crippen molar-refractivity contribution >= 4 is 17.7 Å². The maximum absolute atomic E-state index is 8.35. The molecule has 8 heavy (non-hydrogen) atoms. The fraction of sp³-hybridized carbons (Fsp3) is 0.750. The summed E-state index contributed by atoms with van der Waals surface area (Å²) in [6.45, 7) is -0.0959. The van der Waals surface area contributed by atoms with E-state index in [1.807, 2.05) is 0 Å². The molecule has 0 aliphatic carbocycles. The Morgan fingerprint density at radius 1 is 1.75 bits per heavy atom. The Balaban J connectivity index is 3.56. The van der Waals surface area contributed by atoms with Crippen molar-refractivity contribution in [3.05, 3.63) is 0 Å². The average molecular weight is 134 g/mol. The predicted octanol–water partition coefficient (Wildman–Crippen LogP) is -0.216. The third kappa shape index (κ3) is 3.95. The van der Waals surface area contributed by atoms with Gasteiger partial charge in [0.15, 0.2) is 0 Å². The van der Waals surface area contributed by atoms with Gasteiger partial charge in [-0.15, -0.1) is 12.6 Å². The maximum Gasteiger partial charge on any atom is 0.116 e. The van der Waals surface area contributed by atoms with Crippen LogP contribution in [0, 0.1) is 0 Å². The number of aliphatic hydroxyl groups is 1. The number of aliphatic hydroxyl groups excluding tert-OH is 1. The normalized spacial score (nSPS) is 11.8.